The van der Waals surface area contributed by atoms with Crippen LogP contribution in [-0.4, -0.2) is 27.3 Å². The average Bonchev–Trinajstić information content (AvgIpc) is 3.33. The van der Waals surface area contributed by atoms with Gasteiger partial charge in [-0.3, -0.25) is 20.0 Å². The summed E-state index contributed by atoms with van der Waals surface area (Å²) in [5.41, 5.74) is 3.67. The van der Waals surface area contributed by atoms with E-state index in [4.69, 9.17) is 0 Å². The molecule has 3 aromatic rings. The summed E-state index contributed by atoms with van der Waals surface area (Å²) in [4.78, 5) is 23.9. The van der Waals surface area contributed by atoms with Gasteiger partial charge in [0.2, 0.25) is 0 Å². The summed E-state index contributed by atoms with van der Waals surface area (Å²) < 4.78 is 13.0. The van der Waals surface area contributed by atoms with Crippen molar-refractivity contribution >= 4 is 22.4 Å². The molecule has 0 bridgehead atoms. The SMILES string of the molecule is Cc1cccnc1CN1CCC[C@H]1c1csc(NC(=O)c2ccc(F)cc2)n1. The van der Waals surface area contributed by atoms with Crippen molar-refractivity contribution in [1.82, 2.24) is 14.9 Å². The third kappa shape index (κ3) is 4.10. The molecule has 0 spiro atoms. The van der Waals surface area contributed by atoms with E-state index in [1.165, 1.54) is 41.2 Å². The van der Waals surface area contributed by atoms with Gasteiger partial charge in [-0.05, 0) is 62.2 Å². The molecule has 5 nitrogen and oxygen atoms in total. The number of amides is 1. The number of carbonyl (C=O) groups excluding carboxylic acids is 1. The Hall–Kier alpha value is -2.64. The lowest BCUT2D eigenvalue weighted by molar-refractivity contribution is 0.102. The molecule has 1 saturated heterocycles. The van der Waals surface area contributed by atoms with Crippen LogP contribution < -0.4 is 5.32 Å². The van der Waals surface area contributed by atoms with E-state index in [9.17, 15) is 9.18 Å². The Morgan fingerprint density at radius 3 is 2.93 bits per heavy atom. The van der Waals surface area contributed by atoms with Gasteiger partial charge in [0.15, 0.2) is 5.13 Å². The van der Waals surface area contributed by atoms with Crippen LogP contribution in [0.1, 0.15) is 46.2 Å². The highest BCUT2D eigenvalue weighted by molar-refractivity contribution is 7.14. The summed E-state index contributed by atoms with van der Waals surface area (Å²) in [6, 6.07) is 9.75. The van der Waals surface area contributed by atoms with Gasteiger partial charge in [0.05, 0.1) is 17.4 Å². The largest absolute Gasteiger partial charge is 0.298 e. The highest BCUT2D eigenvalue weighted by atomic mass is 32.1. The first-order valence-electron chi connectivity index (χ1n) is 9.27. The van der Waals surface area contributed by atoms with Crippen molar-refractivity contribution in [3.05, 3.63) is 76.3 Å². The first kappa shape index (κ1) is 18.7. The molecule has 1 N–H and O–H groups in total. The van der Waals surface area contributed by atoms with E-state index >= 15 is 0 Å². The Morgan fingerprint density at radius 2 is 2.14 bits per heavy atom. The number of nitrogens with zero attached hydrogens (tertiary/aromatic N) is 3. The quantitative estimate of drug-likeness (QED) is 0.686. The van der Waals surface area contributed by atoms with Gasteiger partial charge >= 0.3 is 0 Å². The second-order valence-corrected chi connectivity index (χ2v) is 7.79. The lowest BCUT2D eigenvalue weighted by atomic mass is 10.1. The first-order chi connectivity index (χ1) is 13.6. The summed E-state index contributed by atoms with van der Waals surface area (Å²) in [5, 5.41) is 5.38. The maximum absolute atomic E-state index is 13.0. The molecule has 28 heavy (non-hydrogen) atoms. The third-order valence-corrected chi connectivity index (χ3v) is 5.80. The highest BCUT2D eigenvalue weighted by Crippen LogP contribution is 2.34. The Labute approximate surface area is 167 Å². The average molecular weight is 396 g/mol. The van der Waals surface area contributed by atoms with Crippen LogP contribution in [-0.2, 0) is 6.54 Å². The highest BCUT2D eigenvalue weighted by Gasteiger charge is 2.28. The molecule has 1 aliphatic rings. The number of hydrogen-bond donors (Lipinski definition) is 1. The van der Waals surface area contributed by atoms with Gasteiger partial charge in [-0.2, -0.15) is 0 Å². The molecular weight excluding hydrogens is 375 g/mol. The standard InChI is InChI=1S/C21H21FN4OS/c1-14-4-2-10-23-17(14)12-26-11-3-5-19(26)18-13-28-21(24-18)25-20(27)15-6-8-16(22)9-7-15/h2,4,6-10,13,19H,3,5,11-12H2,1H3,(H,24,25,27)/t19-/m0/s1. The van der Waals surface area contributed by atoms with Crippen LogP contribution in [0.5, 0.6) is 0 Å². The van der Waals surface area contributed by atoms with Crippen molar-refractivity contribution in [3.8, 4) is 0 Å². The summed E-state index contributed by atoms with van der Waals surface area (Å²) in [6.45, 7) is 3.89. The predicted molar refractivity (Wildman–Crippen MR) is 108 cm³/mol. The molecule has 7 heteroatoms. The van der Waals surface area contributed by atoms with Gasteiger partial charge in [-0.25, -0.2) is 9.37 Å². The molecule has 1 aromatic carbocycles. The minimum atomic E-state index is -0.363. The molecule has 0 aliphatic carbocycles. The van der Waals surface area contributed by atoms with Crippen LogP contribution in [0.4, 0.5) is 9.52 Å². The first-order valence-corrected chi connectivity index (χ1v) is 10.1. The fourth-order valence-electron chi connectivity index (χ4n) is 3.49. The van der Waals surface area contributed by atoms with E-state index in [0.29, 0.717) is 10.7 Å². The molecule has 1 atom stereocenters. The fourth-order valence-corrected chi connectivity index (χ4v) is 4.25. The van der Waals surface area contributed by atoms with Gasteiger partial charge in [0.1, 0.15) is 5.82 Å². The lowest BCUT2D eigenvalue weighted by Gasteiger charge is -2.23. The molecule has 0 unspecified atom stereocenters. The normalized spacial score (nSPS) is 17.0. The Balaban J connectivity index is 1.45. The van der Waals surface area contributed by atoms with Crippen LogP contribution in [0.3, 0.4) is 0 Å². The lowest BCUT2D eigenvalue weighted by Crippen LogP contribution is -2.24. The predicted octanol–water partition coefficient (Wildman–Crippen LogP) is 4.58. The number of halogens is 1. The van der Waals surface area contributed by atoms with Crippen LogP contribution >= 0.6 is 11.3 Å². The number of benzene rings is 1. The number of rotatable bonds is 5. The molecule has 4 rings (SSSR count). The fraction of sp³-hybridized carbons (Fsp3) is 0.286. The van der Waals surface area contributed by atoms with Crippen LogP contribution in [0, 0.1) is 12.7 Å². The zero-order valence-corrected chi connectivity index (χ0v) is 16.4. The Bertz CT molecular complexity index is 973. The number of nitrogens with one attached hydrogen (secondary N) is 1. The van der Waals surface area contributed by atoms with Crippen molar-refractivity contribution in [2.45, 2.75) is 32.4 Å². The molecular formula is C21H21FN4OS. The van der Waals surface area contributed by atoms with Crippen molar-refractivity contribution in [2.24, 2.45) is 0 Å². The smallest absolute Gasteiger partial charge is 0.257 e. The van der Waals surface area contributed by atoms with Crippen molar-refractivity contribution in [3.63, 3.8) is 0 Å². The van der Waals surface area contributed by atoms with Crippen LogP contribution in [0.15, 0.2) is 48.0 Å². The van der Waals surface area contributed by atoms with Gasteiger partial charge in [0, 0.05) is 23.7 Å². The number of carbonyl (C=O) groups is 1. The Morgan fingerprint density at radius 1 is 1.32 bits per heavy atom. The van der Waals surface area contributed by atoms with Gasteiger partial charge < -0.3 is 0 Å². The molecule has 2 aromatic heterocycles. The zero-order valence-electron chi connectivity index (χ0n) is 15.6. The van der Waals surface area contributed by atoms with E-state index in [1.54, 1.807) is 0 Å². The van der Waals surface area contributed by atoms with Gasteiger partial charge in [-0.15, -0.1) is 11.3 Å². The maximum Gasteiger partial charge on any atom is 0.257 e. The topological polar surface area (TPSA) is 58.1 Å². The third-order valence-electron chi connectivity index (χ3n) is 5.02. The van der Waals surface area contributed by atoms with E-state index < -0.39 is 0 Å². The number of anilines is 1. The monoisotopic (exact) mass is 396 g/mol. The second-order valence-electron chi connectivity index (χ2n) is 6.93. The number of likely N-dealkylation sites (tertiary alicyclic amines) is 1. The molecule has 3 heterocycles. The number of thiazole rings is 1. The van der Waals surface area contributed by atoms with Crippen molar-refractivity contribution in [1.29, 1.82) is 0 Å². The number of aryl methyl sites for hydroxylation is 1. The van der Waals surface area contributed by atoms with Crippen LogP contribution in [0.25, 0.3) is 0 Å². The number of aromatic nitrogens is 2. The van der Waals surface area contributed by atoms with E-state index in [1.807, 2.05) is 17.6 Å². The van der Waals surface area contributed by atoms with Crippen LogP contribution in [0.2, 0.25) is 0 Å². The summed E-state index contributed by atoms with van der Waals surface area (Å²) in [7, 11) is 0. The van der Waals surface area contributed by atoms with Gasteiger partial charge in [0.25, 0.3) is 5.91 Å². The Kier molecular flexibility index (Phi) is 5.45. The number of hydrogen-bond acceptors (Lipinski definition) is 5. The summed E-state index contributed by atoms with van der Waals surface area (Å²) in [6.07, 6.45) is 3.99. The molecule has 0 radical (unpaired) electrons. The van der Waals surface area contributed by atoms with Crippen molar-refractivity contribution < 1.29 is 9.18 Å². The molecule has 0 saturated carbocycles. The van der Waals surface area contributed by atoms with Crippen molar-refractivity contribution in [2.75, 3.05) is 11.9 Å². The van der Waals surface area contributed by atoms with E-state index in [-0.39, 0.29) is 17.8 Å². The molecule has 1 fully saturated rings. The minimum absolute atomic E-state index is 0.231. The molecule has 1 amide bonds. The maximum atomic E-state index is 13.0. The zero-order chi connectivity index (χ0) is 19.5. The van der Waals surface area contributed by atoms with Gasteiger partial charge in [-0.1, -0.05) is 6.07 Å². The summed E-state index contributed by atoms with van der Waals surface area (Å²) >= 11 is 1.41. The summed E-state index contributed by atoms with van der Waals surface area (Å²) in [5.74, 6) is -0.647. The van der Waals surface area contributed by atoms with E-state index in [0.717, 1.165) is 37.3 Å². The molecule has 1 aliphatic heterocycles. The number of pyridine rings is 1. The second kappa shape index (κ2) is 8.16. The molecule has 144 valence electrons. The minimum Gasteiger partial charge on any atom is -0.298 e. The van der Waals surface area contributed by atoms with E-state index in [2.05, 4.69) is 33.2 Å².